The Morgan fingerprint density at radius 2 is 1.97 bits per heavy atom. The van der Waals surface area contributed by atoms with Crippen LogP contribution in [0.4, 0.5) is 5.95 Å². The summed E-state index contributed by atoms with van der Waals surface area (Å²) in [5.41, 5.74) is 10.8. The Labute approximate surface area is 193 Å². The monoisotopic (exact) mass is 469 g/mol. The van der Waals surface area contributed by atoms with Crippen molar-refractivity contribution < 1.29 is 24.4 Å². The van der Waals surface area contributed by atoms with Crippen molar-refractivity contribution in [1.82, 2.24) is 19.7 Å². The van der Waals surface area contributed by atoms with Crippen LogP contribution in [0.5, 0.6) is 5.75 Å². The summed E-state index contributed by atoms with van der Waals surface area (Å²) >= 11 is 0. The average molecular weight is 469 g/mol. The minimum atomic E-state index is -1.20. The van der Waals surface area contributed by atoms with Gasteiger partial charge in [-0.15, -0.1) is 0 Å². The van der Waals surface area contributed by atoms with E-state index < -0.39 is 23.5 Å². The second-order valence-corrected chi connectivity index (χ2v) is 7.14. The number of hydrogen-bond donors (Lipinski definition) is 6. The molecule has 3 aromatic rings. The average Bonchev–Trinajstić information content (AvgIpc) is 2.81. The SMILES string of the molecule is NC(N)=[NH+]CCCOc1ccc2cc(C(=O)NCC(Nc3ncccn3)C(=O)O)cc(=O)n2c1. The van der Waals surface area contributed by atoms with Crippen molar-refractivity contribution in [2.45, 2.75) is 12.5 Å². The molecule has 0 spiro atoms. The van der Waals surface area contributed by atoms with Gasteiger partial charge in [0.25, 0.3) is 11.5 Å². The topological polar surface area (TPSA) is 201 Å². The number of carboxylic acids is 1. The molecule has 13 heteroatoms. The van der Waals surface area contributed by atoms with E-state index in [0.717, 1.165) is 0 Å². The smallest absolute Gasteiger partial charge is 0.338 e. The number of aliphatic carboxylic acids is 1. The summed E-state index contributed by atoms with van der Waals surface area (Å²) < 4.78 is 6.97. The van der Waals surface area contributed by atoms with Gasteiger partial charge in [-0.25, -0.2) is 14.8 Å². The van der Waals surface area contributed by atoms with Gasteiger partial charge in [0.1, 0.15) is 11.8 Å². The van der Waals surface area contributed by atoms with Gasteiger partial charge in [-0.1, -0.05) is 0 Å². The molecule has 3 heterocycles. The zero-order valence-electron chi connectivity index (χ0n) is 18.1. The molecule has 0 radical (unpaired) electrons. The first-order valence-corrected chi connectivity index (χ1v) is 10.3. The normalized spacial score (nSPS) is 11.4. The summed E-state index contributed by atoms with van der Waals surface area (Å²) in [5, 5.41) is 14.5. The van der Waals surface area contributed by atoms with Crippen LogP contribution in [0, 0.1) is 0 Å². The third-order valence-corrected chi connectivity index (χ3v) is 4.59. The molecule has 1 atom stereocenters. The molecule has 1 amide bonds. The first-order valence-electron chi connectivity index (χ1n) is 10.3. The van der Waals surface area contributed by atoms with E-state index >= 15 is 0 Å². The number of carbonyl (C=O) groups excluding carboxylic acids is 1. The quantitative estimate of drug-likeness (QED) is 0.0991. The van der Waals surface area contributed by atoms with Crippen LogP contribution in [0.1, 0.15) is 16.8 Å². The van der Waals surface area contributed by atoms with Gasteiger partial charge >= 0.3 is 11.9 Å². The van der Waals surface area contributed by atoms with E-state index in [1.165, 1.54) is 35.1 Å². The number of carbonyl (C=O) groups is 2. The number of pyridine rings is 2. The number of anilines is 1. The van der Waals surface area contributed by atoms with E-state index in [0.29, 0.717) is 30.8 Å². The number of carboxylic acid groups (broad SMARTS) is 1. The number of rotatable bonds is 11. The van der Waals surface area contributed by atoms with Crippen LogP contribution in [0.25, 0.3) is 5.52 Å². The molecule has 178 valence electrons. The summed E-state index contributed by atoms with van der Waals surface area (Å²) in [6.07, 6.45) is 5.09. The zero-order chi connectivity index (χ0) is 24.5. The Hall–Kier alpha value is -4.68. The van der Waals surface area contributed by atoms with Crippen LogP contribution in [-0.2, 0) is 4.79 Å². The van der Waals surface area contributed by atoms with Gasteiger partial charge in [0.2, 0.25) is 5.95 Å². The molecule has 8 N–H and O–H groups in total. The van der Waals surface area contributed by atoms with Gasteiger partial charge in [0.15, 0.2) is 0 Å². The van der Waals surface area contributed by atoms with Crippen molar-refractivity contribution in [3.05, 3.63) is 64.8 Å². The summed E-state index contributed by atoms with van der Waals surface area (Å²) in [4.78, 5) is 47.2. The lowest BCUT2D eigenvalue weighted by molar-refractivity contribution is -0.460. The fourth-order valence-electron chi connectivity index (χ4n) is 2.94. The fraction of sp³-hybridized carbons (Fsp3) is 0.238. The molecule has 0 aromatic carbocycles. The summed E-state index contributed by atoms with van der Waals surface area (Å²) in [6.45, 7) is 0.680. The summed E-state index contributed by atoms with van der Waals surface area (Å²) in [5.74, 6) is -1.05. The van der Waals surface area contributed by atoms with Gasteiger partial charge < -0.3 is 20.5 Å². The molecule has 0 saturated carbocycles. The second kappa shape index (κ2) is 11.3. The highest BCUT2D eigenvalue weighted by Gasteiger charge is 2.20. The van der Waals surface area contributed by atoms with Crippen LogP contribution in [-0.4, -0.2) is 63.0 Å². The van der Waals surface area contributed by atoms with E-state index in [-0.39, 0.29) is 24.0 Å². The number of aromatic nitrogens is 3. The molecule has 1 unspecified atom stereocenters. The van der Waals surface area contributed by atoms with Crippen molar-refractivity contribution in [2.75, 3.05) is 25.0 Å². The van der Waals surface area contributed by atoms with Gasteiger partial charge in [0.05, 0.1) is 19.3 Å². The van der Waals surface area contributed by atoms with E-state index in [2.05, 4.69) is 25.6 Å². The molecule has 0 aliphatic heterocycles. The highest BCUT2D eigenvalue weighted by Crippen LogP contribution is 2.13. The van der Waals surface area contributed by atoms with Gasteiger partial charge in [-0.3, -0.25) is 30.4 Å². The minimum absolute atomic E-state index is 0.0977. The van der Waals surface area contributed by atoms with Crippen molar-refractivity contribution in [1.29, 1.82) is 0 Å². The number of nitrogens with one attached hydrogen (secondary N) is 3. The molecule has 3 rings (SSSR count). The molecular weight excluding hydrogens is 444 g/mol. The number of ether oxygens (including phenoxy) is 1. The lowest BCUT2D eigenvalue weighted by atomic mass is 10.2. The third-order valence-electron chi connectivity index (χ3n) is 4.59. The number of guanidine groups is 1. The Morgan fingerprint density at radius 1 is 1.21 bits per heavy atom. The lowest BCUT2D eigenvalue weighted by Gasteiger charge is -2.15. The van der Waals surface area contributed by atoms with Gasteiger partial charge in [0, 0.05) is 42.5 Å². The van der Waals surface area contributed by atoms with Crippen LogP contribution in [0.3, 0.4) is 0 Å². The van der Waals surface area contributed by atoms with E-state index in [1.54, 1.807) is 18.2 Å². The maximum absolute atomic E-state index is 12.6. The highest BCUT2D eigenvalue weighted by atomic mass is 16.5. The molecule has 34 heavy (non-hydrogen) atoms. The van der Waals surface area contributed by atoms with Crippen molar-refractivity contribution in [2.24, 2.45) is 11.5 Å². The maximum Gasteiger partial charge on any atom is 0.338 e. The third kappa shape index (κ3) is 6.66. The second-order valence-electron chi connectivity index (χ2n) is 7.14. The summed E-state index contributed by atoms with van der Waals surface area (Å²) in [7, 11) is 0. The number of amides is 1. The Morgan fingerprint density at radius 3 is 2.68 bits per heavy atom. The number of hydrogen-bond acceptors (Lipinski definition) is 7. The molecule has 3 aromatic heterocycles. The lowest BCUT2D eigenvalue weighted by Crippen LogP contribution is -2.78. The Bertz CT molecular complexity index is 1240. The molecule has 0 aliphatic carbocycles. The molecule has 0 bridgehead atoms. The van der Waals surface area contributed by atoms with Crippen molar-refractivity contribution >= 4 is 29.3 Å². The summed E-state index contributed by atoms with van der Waals surface area (Å²) in [6, 6.07) is 6.44. The van der Waals surface area contributed by atoms with Crippen LogP contribution in [0.2, 0.25) is 0 Å². The molecule has 0 saturated heterocycles. The van der Waals surface area contributed by atoms with Crippen LogP contribution < -0.4 is 37.4 Å². The first-order chi connectivity index (χ1) is 16.3. The van der Waals surface area contributed by atoms with E-state index in [4.69, 9.17) is 16.2 Å². The Balaban J connectivity index is 1.64. The fourth-order valence-corrected chi connectivity index (χ4v) is 2.94. The zero-order valence-corrected chi connectivity index (χ0v) is 18.1. The van der Waals surface area contributed by atoms with Crippen molar-refractivity contribution in [3.8, 4) is 5.75 Å². The van der Waals surface area contributed by atoms with E-state index in [9.17, 15) is 19.5 Å². The van der Waals surface area contributed by atoms with E-state index in [1.807, 2.05) is 0 Å². The van der Waals surface area contributed by atoms with Crippen LogP contribution >= 0.6 is 0 Å². The van der Waals surface area contributed by atoms with Crippen molar-refractivity contribution in [3.63, 3.8) is 0 Å². The number of nitrogens with zero attached hydrogens (tertiary/aromatic N) is 3. The maximum atomic E-state index is 12.6. The predicted molar refractivity (Wildman–Crippen MR) is 122 cm³/mol. The predicted octanol–water partition coefficient (Wildman–Crippen LogP) is -2.49. The minimum Gasteiger partial charge on any atom is -0.492 e. The largest absolute Gasteiger partial charge is 0.492 e. The molecule has 0 aliphatic rings. The number of nitrogens with two attached hydrogens (primary N) is 2. The molecular formula is C21H25N8O5+. The van der Waals surface area contributed by atoms with Gasteiger partial charge in [-0.05, 0) is 24.3 Å². The number of fused-ring (bicyclic) bond motifs is 1. The molecule has 13 nitrogen and oxygen atoms in total. The van der Waals surface area contributed by atoms with Gasteiger partial charge in [-0.2, -0.15) is 0 Å². The van der Waals surface area contributed by atoms with Crippen LogP contribution in [0.15, 0.2) is 53.7 Å². The molecule has 0 fully saturated rings. The Kier molecular flexibility index (Phi) is 7.94. The first kappa shape index (κ1) is 24.0. The standard InChI is InChI=1S/C21H24N8O5/c22-20(23)24-7-2-8-34-15-4-3-14-9-13(10-17(30)29(14)12-15)18(31)27-11-16(19(32)33)28-21-25-5-1-6-26-21/h1,3-6,9-10,12,16H,2,7-8,11H2,(H,27,31)(H,32,33)(H4,22,23,24)(H,25,26,28)/p+1. The highest BCUT2D eigenvalue weighted by molar-refractivity contribution is 5.95.